The number of nitrogens with one attached hydrogen (secondary N) is 2. The molecule has 2 N–H and O–H groups in total. The molecule has 180 valence electrons. The molecule has 0 aliphatic carbocycles. The van der Waals surface area contributed by atoms with Crippen LogP contribution in [-0.4, -0.2) is 56.6 Å². The SMILES string of the molecule is O=C1CCC(N2Cc3c(cc(F)cc3C3CCN(Cc4ccc5cc[nH]c5n4)CC3)C2=O)C(=O)N1. The van der Waals surface area contributed by atoms with E-state index in [2.05, 4.69) is 27.3 Å². The van der Waals surface area contributed by atoms with Gasteiger partial charge in [0.15, 0.2) is 0 Å². The summed E-state index contributed by atoms with van der Waals surface area (Å²) in [6.07, 6.45) is 4.09. The number of imide groups is 1. The van der Waals surface area contributed by atoms with E-state index < -0.39 is 17.8 Å². The van der Waals surface area contributed by atoms with E-state index in [1.807, 2.05) is 12.3 Å². The molecule has 1 aromatic carbocycles. The van der Waals surface area contributed by atoms with Gasteiger partial charge in [-0.1, -0.05) is 0 Å². The highest BCUT2D eigenvalue weighted by Crippen LogP contribution is 2.38. The number of benzene rings is 1. The zero-order chi connectivity index (χ0) is 24.1. The normalized spacial score (nSPS) is 21.6. The number of H-pyrrole nitrogens is 1. The van der Waals surface area contributed by atoms with E-state index in [0.29, 0.717) is 12.0 Å². The minimum atomic E-state index is -0.699. The van der Waals surface area contributed by atoms with Gasteiger partial charge in [-0.3, -0.25) is 24.6 Å². The van der Waals surface area contributed by atoms with Crippen LogP contribution in [0.25, 0.3) is 11.0 Å². The second-order valence-electron chi connectivity index (χ2n) is 9.69. The number of halogens is 1. The van der Waals surface area contributed by atoms with E-state index in [0.717, 1.165) is 60.3 Å². The molecule has 35 heavy (non-hydrogen) atoms. The summed E-state index contributed by atoms with van der Waals surface area (Å²) >= 11 is 0. The van der Waals surface area contributed by atoms with Gasteiger partial charge in [-0.2, -0.15) is 0 Å². The number of hydrogen-bond acceptors (Lipinski definition) is 5. The fourth-order valence-corrected chi connectivity index (χ4v) is 5.71. The molecule has 5 heterocycles. The summed E-state index contributed by atoms with van der Waals surface area (Å²) in [5, 5.41) is 3.41. The van der Waals surface area contributed by atoms with Crippen molar-refractivity contribution in [2.45, 2.75) is 50.7 Å². The number of piperidine rings is 2. The van der Waals surface area contributed by atoms with E-state index in [4.69, 9.17) is 4.98 Å². The summed E-state index contributed by atoms with van der Waals surface area (Å²) in [5.74, 6) is -1.40. The predicted octanol–water partition coefficient (Wildman–Crippen LogP) is 2.84. The Labute approximate surface area is 201 Å². The van der Waals surface area contributed by atoms with Crippen LogP contribution in [-0.2, 0) is 22.7 Å². The summed E-state index contributed by atoms with van der Waals surface area (Å²) in [7, 11) is 0. The maximum atomic E-state index is 14.6. The number of pyridine rings is 1. The molecular weight excluding hydrogens is 449 g/mol. The average molecular weight is 476 g/mol. The molecule has 0 radical (unpaired) electrons. The summed E-state index contributed by atoms with van der Waals surface area (Å²) < 4.78 is 14.6. The average Bonchev–Trinajstić information content (AvgIpc) is 3.44. The van der Waals surface area contributed by atoms with E-state index >= 15 is 0 Å². The maximum absolute atomic E-state index is 14.6. The molecule has 1 atom stereocenters. The Bertz CT molecular complexity index is 1340. The standard InChI is InChI=1S/C26H26FN5O3/c27-17-11-19(21-14-32(26(35)20(21)12-17)22-3-4-23(33)30-25(22)34)15-6-9-31(10-7-15)13-18-2-1-16-5-8-28-24(16)29-18/h1-2,5,8,11-12,15,22H,3-4,6-7,9-10,13-14H2,(H,28,29)(H,30,33,34). The van der Waals surface area contributed by atoms with Crippen molar-refractivity contribution in [2.75, 3.05) is 13.1 Å². The molecule has 3 aliphatic rings. The minimum Gasteiger partial charge on any atom is -0.346 e. The van der Waals surface area contributed by atoms with Gasteiger partial charge in [-0.25, -0.2) is 9.37 Å². The smallest absolute Gasteiger partial charge is 0.255 e. The molecule has 2 saturated heterocycles. The summed E-state index contributed by atoms with van der Waals surface area (Å²) in [6, 6.07) is 8.27. The Morgan fingerprint density at radius 2 is 1.89 bits per heavy atom. The predicted molar refractivity (Wildman–Crippen MR) is 126 cm³/mol. The quantitative estimate of drug-likeness (QED) is 0.566. The topological polar surface area (TPSA) is 98.4 Å². The summed E-state index contributed by atoms with van der Waals surface area (Å²) in [5.41, 5.74) is 3.93. The van der Waals surface area contributed by atoms with Crippen LogP contribution in [0.2, 0.25) is 0 Å². The number of hydrogen-bond donors (Lipinski definition) is 2. The second kappa shape index (κ2) is 8.57. The van der Waals surface area contributed by atoms with Crippen molar-refractivity contribution in [2.24, 2.45) is 0 Å². The number of amides is 3. The van der Waals surface area contributed by atoms with Gasteiger partial charge < -0.3 is 9.88 Å². The first-order valence-corrected chi connectivity index (χ1v) is 12.1. The molecule has 6 rings (SSSR count). The van der Waals surface area contributed by atoms with Crippen molar-refractivity contribution in [3.05, 3.63) is 64.7 Å². The van der Waals surface area contributed by atoms with Gasteiger partial charge in [0.25, 0.3) is 5.91 Å². The van der Waals surface area contributed by atoms with Crippen LogP contribution in [0.5, 0.6) is 0 Å². The molecule has 0 saturated carbocycles. The van der Waals surface area contributed by atoms with E-state index in [9.17, 15) is 18.8 Å². The molecule has 8 nitrogen and oxygen atoms in total. The van der Waals surface area contributed by atoms with Crippen LogP contribution in [0.3, 0.4) is 0 Å². The zero-order valence-electron chi connectivity index (χ0n) is 19.2. The molecule has 0 bridgehead atoms. The molecule has 3 amide bonds. The molecule has 2 fully saturated rings. The molecule has 0 spiro atoms. The number of rotatable bonds is 4. The first-order valence-electron chi connectivity index (χ1n) is 12.1. The monoisotopic (exact) mass is 475 g/mol. The van der Waals surface area contributed by atoms with Gasteiger partial charge in [0.05, 0.1) is 5.69 Å². The lowest BCUT2D eigenvalue weighted by molar-refractivity contribution is -0.136. The number of aromatic nitrogens is 2. The first-order chi connectivity index (χ1) is 17.0. The third kappa shape index (κ3) is 3.99. The van der Waals surface area contributed by atoms with E-state index in [1.54, 1.807) is 6.07 Å². The van der Waals surface area contributed by atoms with Gasteiger partial charge in [-0.05, 0) is 79.7 Å². The fraction of sp³-hybridized carbons (Fsp3) is 0.385. The van der Waals surface area contributed by atoms with Crippen molar-refractivity contribution in [1.82, 2.24) is 25.1 Å². The minimum absolute atomic E-state index is 0.143. The van der Waals surface area contributed by atoms with Gasteiger partial charge in [-0.15, -0.1) is 0 Å². The van der Waals surface area contributed by atoms with Crippen LogP contribution >= 0.6 is 0 Å². The lowest BCUT2D eigenvalue weighted by Crippen LogP contribution is -2.52. The molecule has 2 aromatic heterocycles. The Morgan fingerprint density at radius 3 is 2.69 bits per heavy atom. The number of aromatic amines is 1. The number of carbonyl (C=O) groups is 3. The largest absolute Gasteiger partial charge is 0.346 e. The van der Waals surface area contributed by atoms with Crippen molar-refractivity contribution < 1.29 is 18.8 Å². The van der Waals surface area contributed by atoms with Crippen molar-refractivity contribution in [3.63, 3.8) is 0 Å². The van der Waals surface area contributed by atoms with Crippen molar-refractivity contribution >= 4 is 28.8 Å². The van der Waals surface area contributed by atoms with Gasteiger partial charge in [0.1, 0.15) is 17.5 Å². The Hall–Kier alpha value is -3.59. The van der Waals surface area contributed by atoms with Crippen LogP contribution in [0, 0.1) is 5.82 Å². The Balaban J connectivity index is 1.17. The Kier molecular flexibility index (Phi) is 5.36. The summed E-state index contributed by atoms with van der Waals surface area (Å²) in [6.45, 7) is 2.73. The third-order valence-corrected chi connectivity index (χ3v) is 7.54. The highest BCUT2D eigenvalue weighted by molar-refractivity contribution is 6.05. The number of carbonyl (C=O) groups excluding carboxylic acids is 3. The van der Waals surface area contributed by atoms with Crippen LogP contribution in [0.4, 0.5) is 4.39 Å². The van der Waals surface area contributed by atoms with Crippen LogP contribution in [0.15, 0.2) is 36.5 Å². The third-order valence-electron chi connectivity index (χ3n) is 7.54. The second-order valence-corrected chi connectivity index (χ2v) is 9.69. The van der Waals surface area contributed by atoms with E-state index in [-0.39, 0.29) is 30.7 Å². The highest BCUT2D eigenvalue weighted by atomic mass is 19.1. The fourth-order valence-electron chi connectivity index (χ4n) is 5.71. The molecule has 1 unspecified atom stereocenters. The number of likely N-dealkylation sites (tertiary alicyclic amines) is 1. The zero-order valence-corrected chi connectivity index (χ0v) is 19.2. The Morgan fingerprint density at radius 1 is 1.06 bits per heavy atom. The van der Waals surface area contributed by atoms with Gasteiger partial charge in [0, 0.05) is 36.7 Å². The summed E-state index contributed by atoms with van der Waals surface area (Å²) in [4.78, 5) is 48.7. The molecule has 3 aliphatic heterocycles. The lowest BCUT2D eigenvalue weighted by Gasteiger charge is -2.33. The van der Waals surface area contributed by atoms with Crippen molar-refractivity contribution in [3.8, 4) is 0 Å². The number of fused-ring (bicyclic) bond motifs is 2. The van der Waals surface area contributed by atoms with Gasteiger partial charge >= 0.3 is 0 Å². The molecule has 3 aromatic rings. The van der Waals surface area contributed by atoms with Crippen molar-refractivity contribution in [1.29, 1.82) is 0 Å². The van der Waals surface area contributed by atoms with Gasteiger partial charge in [0.2, 0.25) is 11.8 Å². The maximum Gasteiger partial charge on any atom is 0.255 e. The first kappa shape index (κ1) is 21.9. The molecular formula is C26H26FN5O3. The van der Waals surface area contributed by atoms with E-state index in [1.165, 1.54) is 11.0 Å². The molecule has 9 heteroatoms. The van der Waals surface area contributed by atoms with Crippen LogP contribution < -0.4 is 5.32 Å². The lowest BCUT2D eigenvalue weighted by atomic mass is 9.85. The number of nitrogens with zero attached hydrogens (tertiary/aromatic N) is 3. The highest BCUT2D eigenvalue weighted by Gasteiger charge is 2.41. The van der Waals surface area contributed by atoms with Crippen LogP contribution in [0.1, 0.15) is 58.8 Å².